The van der Waals surface area contributed by atoms with Crippen LogP contribution >= 0.6 is 11.6 Å². The Morgan fingerprint density at radius 2 is 2.08 bits per heavy atom. The summed E-state index contributed by atoms with van der Waals surface area (Å²) in [5.74, 6) is 2.13. The lowest BCUT2D eigenvalue weighted by Crippen LogP contribution is -2.25. The van der Waals surface area contributed by atoms with Crippen LogP contribution in [-0.4, -0.2) is 30.1 Å². The quantitative estimate of drug-likeness (QED) is 0.809. The Labute approximate surface area is 145 Å². The number of ether oxygens (including phenoxy) is 1. The van der Waals surface area contributed by atoms with Crippen molar-refractivity contribution in [3.8, 4) is 11.9 Å². The first-order valence-electron chi connectivity index (χ1n) is 7.90. The zero-order valence-corrected chi connectivity index (χ0v) is 14.4. The van der Waals surface area contributed by atoms with Gasteiger partial charge >= 0.3 is 0 Å². The highest BCUT2D eigenvalue weighted by atomic mass is 35.5. The highest BCUT2D eigenvalue weighted by Crippen LogP contribution is 2.40. The first-order chi connectivity index (χ1) is 11.5. The van der Waals surface area contributed by atoms with Gasteiger partial charge in [-0.3, -0.25) is 5.73 Å². The minimum atomic E-state index is -0.152. The van der Waals surface area contributed by atoms with Crippen molar-refractivity contribution in [2.75, 3.05) is 35.3 Å². The van der Waals surface area contributed by atoms with Crippen molar-refractivity contribution in [3.63, 3.8) is 0 Å². The van der Waals surface area contributed by atoms with Gasteiger partial charge in [0.05, 0.1) is 11.4 Å². The lowest BCUT2D eigenvalue weighted by atomic mass is 9.99. The number of nitrogens with two attached hydrogens (primary N) is 2. The van der Waals surface area contributed by atoms with Crippen molar-refractivity contribution in [2.24, 2.45) is 0 Å². The Balaban J connectivity index is 2.40. The predicted molar refractivity (Wildman–Crippen MR) is 94.2 cm³/mol. The van der Waals surface area contributed by atoms with E-state index in [9.17, 15) is 5.26 Å². The summed E-state index contributed by atoms with van der Waals surface area (Å²) < 4.78 is 5.79. The molecule has 1 atom stereocenters. The zero-order chi connectivity index (χ0) is 17.4. The number of nitrogen functional groups attached to an aromatic ring is 2. The summed E-state index contributed by atoms with van der Waals surface area (Å²) in [5.41, 5.74) is 13.6. The van der Waals surface area contributed by atoms with Crippen molar-refractivity contribution < 1.29 is 9.72 Å². The van der Waals surface area contributed by atoms with Crippen LogP contribution in [0.3, 0.4) is 0 Å². The second-order valence-corrected chi connectivity index (χ2v) is 5.98. The molecule has 1 aliphatic rings. The van der Waals surface area contributed by atoms with E-state index in [4.69, 9.17) is 27.8 Å². The third-order valence-electron chi connectivity index (χ3n) is 4.36. The fourth-order valence-electron chi connectivity index (χ4n) is 3.21. The van der Waals surface area contributed by atoms with E-state index in [1.54, 1.807) is 0 Å². The number of nitrogens with one attached hydrogen (secondary N) is 1. The van der Waals surface area contributed by atoms with Crippen molar-refractivity contribution >= 4 is 39.8 Å². The van der Waals surface area contributed by atoms with Crippen LogP contribution in [0.2, 0.25) is 0 Å². The summed E-state index contributed by atoms with van der Waals surface area (Å²) in [6.45, 7) is 5.47. The van der Waals surface area contributed by atoms with E-state index in [-0.39, 0.29) is 6.10 Å². The fraction of sp³-hybridized carbons (Fsp3) is 0.438. The largest absolute Gasteiger partial charge is 0.457 e. The molecule has 7 nitrogen and oxygen atoms in total. The average molecular weight is 348 g/mol. The molecule has 1 aliphatic heterocycles. The molecule has 8 heteroatoms. The molecule has 2 aromatic heterocycles. The van der Waals surface area contributed by atoms with Gasteiger partial charge in [0.2, 0.25) is 0 Å². The van der Waals surface area contributed by atoms with Gasteiger partial charge in [-0.2, -0.15) is 5.26 Å². The highest BCUT2D eigenvalue weighted by Gasteiger charge is 2.33. The van der Waals surface area contributed by atoms with E-state index in [1.807, 2.05) is 18.7 Å². The number of hydrogen-bond donors (Lipinski definition) is 2. The maximum absolute atomic E-state index is 9.82. The summed E-state index contributed by atoms with van der Waals surface area (Å²) in [6.07, 6.45) is 0.447. The third kappa shape index (κ3) is 2.34. The van der Waals surface area contributed by atoms with Crippen LogP contribution in [0, 0.1) is 11.3 Å². The summed E-state index contributed by atoms with van der Waals surface area (Å²) in [5, 5.41) is 11.1. The molecular weight excluding hydrogens is 328 g/mol. The summed E-state index contributed by atoms with van der Waals surface area (Å²) >= 11 is 5.94. The third-order valence-corrected chi connectivity index (χ3v) is 4.71. The first-order valence-corrected chi connectivity index (χ1v) is 8.43. The number of pyridine rings is 2. The summed E-state index contributed by atoms with van der Waals surface area (Å²) in [7, 11) is 0. The summed E-state index contributed by atoms with van der Waals surface area (Å²) in [4.78, 5) is 9.47. The fourth-order valence-corrected chi connectivity index (χ4v) is 3.39. The number of nitriles is 1. The van der Waals surface area contributed by atoms with Gasteiger partial charge in [-0.1, -0.05) is 0 Å². The van der Waals surface area contributed by atoms with Crippen LogP contribution < -0.4 is 26.1 Å². The van der Waals surface area contributed by atoms with Crippen molar-refractivity contribution in [2.45, 2.75) is 26.4 Å². The van der Waals surface area contributed by atoms with Gasteiger partial charge in [0.25, 0.3) is 11.7 Å². The lowest BCUT2D eigenvalue weighted by Gasteiger charge is -2.22. The molecule has 0 aliphatic carbocycles. The maximum atomic E-state index is 9.82. The Kier molecular flexibility index (Phi) is 4.24. The molecule has 0 fully saturated rings. The van der Waals surface area contributed by atoms with E-state index in [0.717, 1.165) is 18.7 Å². The Hall–Kier alpha value is -2.46. The Bertz CT molecular complexity index is 843. The molecule has 0 unspecified atom stereocenters. The van der Waals surface area contributed by atoms with Gasteiger partial charge in [0.15, 0.2) is 0 Å². The molecular formula is C16H20ClN6O+. The normalized spacial score (nSPS) is 15.8. The van der Waals surface area contributed by atoms with E-state index in [0.29, 0.717) is 52.0 Å². The topological polar surface area (TPSA) is 115 Å². The number of aromatic amines is 1. The molecule has 0 saturated carbocycles. The Morgan fingerprint density at radius 1 is 1.38 bits per heavy atom. The van der Waals surface area contributed by atoms with Gasteiger partial charge in [0.1, 0.15) is 34.8 Å². The lowest BCUT2D eigenvalue weighted by molar-refractivity contribution is -0.375. The number of halogens is 1. The van der Waals surface area contributed by atoms with Gasteiger partial charge in [0, 0.05) is 24.9 Å². The summed E-state index contributed by atoms with van der Waals surface area (Å²) in [6, 6.07) is 2.29. The molecule has 0 aromatic carbocycles. The van der Waals surface area contributed by atoms with E-state index < -0.39 is 0 Å². The molecule has 0 amide bonds. The number of rotatable bonds is 4. The number of H-pyrrole nitrogens is 1. The Morgan fingerprint density at radius 3 is 2.67 bits per heavy atom. The second kappa shape index (κ2) is 6.21. The number of anilines is 3. The zero-order valence-electron chi connectivity index (χ0n) is 13.7. The molecule has 2 aromatic rings. The minimum Gasteiger partial charge on any atom is -0.457 e. The highest BCUT2D eigenvalue weighted by molar-refractivity contribution is 6.18. The van der Waals surface area contributed by atoms with E-state index >= 15 is 0 Å². The molecule has 0 spiro atoms. The monoisotopic (exact) mass is 347 g/mol. The maximum Gasteiger partial charge on any atom is 0.286 e. The van der Waals surface area contributed by atoms with Crippen LogP contribution in [0.15, 0.2) is 0 Å². The first kappa shape index (κ1) is 16.4. The van der Waals surface area contributed by atoms with Crippen LogP contribution in [-0.2, 0) is 6.42 Å². The number of aromatic nitrogens is 2. The molecule has 3 heterocycles. The number of alkyl halides is 1. The molecule has 0 saturated heterocycles. The van der Waals surface area contributed by atoms with Crippen LogP contribution in [0.5, 0.6) is 5.88 Å². The molecule has 24 heavy (non-hydrogen) atoms. The molecule has 0 radical (unpaired) electrons. The number of fused-ring (bicyclic) bond motifs is 3. The number of hydrogen-bond acceptors (Lipinski definition) is 6. The molecule has 5 N–H and O–H groups in total. The standard InChI is InChI=1S/C16H19ClN6O/c1-3-23(4-2)15-10(7-18)11-9-5-8(6-17)24-16(9)22-14(20)12(11)13(19)21-15/h8H,3-6H2,1-2H3,(H2,19,21)(H2,20,22)/p+1/t8-/m0/s1. The van der Waals surface area contributed by atoms with Gasteiger partial charge in [-0.25, -0.2) is 9.97 Å². The van der Waals surface area contributed by atoms with E-state index in [2.05, 4.69) is 16.0 Å². The van der Waals surface area contributed by atoms with Crippen LogP contribution in [0.4, 0.5) is 17.5 Å². The van der Waals surface area contributed by atoms with Gasteiger partial charge < -0.3 is 15.4 Å². The van der Waals surface area contributed by atoms with Crippen LogP contribution in [0.25, 0.3) is 10.8 Å². The molecule has 0 bridgehead atoms. The van der Waals surface area contributed by atoms with Crippen molar-refractivity contribution in [1.82, 2.24) is 4.98 Å². The number of nitrogens with zero attached hydrogens (tertiary/aromatic N) is 3. The molecule has 126 valence electrons. The minimum absolute atomic E-state index is 0.152. The van der Waals surface area contributed by atoms with Gasteiger partial charge in [-0.05, 0) is 13.8 Å². The molecule has 3 rings (SSSR count). The predicted octanol–water partition coefficient (Wildman–Crippen LogP) is 1.47. The SMILES string of the molecule is CCN(CC)c1nc(N)c2c(N)[nH+]c3c(c2c1C#N)C[C@@H](CCl)O3. The van der Waals surface area contributed by atoms with Crippen molar-refractivity contribution in [3.05, 3.63) is 11.1 Å². The van der Waals surface area contributed by atoms with Crippen LogP contribution in [0.1, 0.15) is 25.0 Å². The second-order valence-electron chi connectivity index (χ2n) is 5.67. The van der Waals surface area contributed by atoms with Gasteiger partial charge in [-0.15, -0.1) is 11.6 Å². The smallest absolute Gasteiger partial charge is 0.286 e. The average Bonchev–Trinajstić information content (AvgIpc) is 2.98. The van der Waals surface area contributed by atoms with Crippen molar-refractivity contribution in [1.29, 1.82) is 5.26 Å². The van der Waals surface area contributed by atoms with E-state index in [1.165, 1.54) is 0 Å².